The van der Waals surface area contributed by atoms with Crippen LogP contribution in [0.4, 0.5) is 8.78 Å². The van der Waals surface area contributed by atoms with Gasteiger partial charge in [-0.25, -0.2) is 8.78 Å². The van der Waals surface area contributed by atoms with Crippen LogP contribution in [0.3, 0.4) is 0 Å². The first-order valence-electron chi connectivity index (χ1n) is 6.63. The fraction of sp³-hybridized carbons (Fsp3) is 0.600. The van der Waals surface area contributed by atoms with E-state index in [1.54, 1.807) is 0 Å². The summed E-state index contributed by atoms with van der Waals surface area (Å²) in [5.74, 6) is -0.0922. The highest BCUT2D eigenvalue weighted by Crippen LogP contribution is 2.51. The molecule has 0 amide bonds. The number of hydrogen-bond donors (Lipinski definition) is 1. The molecule has 100 valence electrons. The zero-order chi connectivity index (χ0) is 13.3. The number of halogens is 2. The van der Waals surface area contributed by atoms with Gasteiger partial charge in [-0.3, -0.25) is 0 Å². The molecule has 1 atom stereocenters. The fourth-order valence-electron chi connectivity index (χ4n) is 2.43. The van der Waals surface area contributed by atoms with Crippen molar-refractivity contribution in [2.75, 3.05) is 6.54 Å². The molecule has 0 aliphatic heterocycles. The summed E-state index contributed by atoms with van der Waals surface area (Å²) in [4.78, 5) is 0. The smallest absolute Gasteiger partial charge is 0.128 e. The average molecular weight is 253 g/mol. The molecule has 1 N–H and O–H groups in total. The first-order valence-corrected chi connectivity index (χ1v) is 6.63. The lowest BCUT2D eigenvalue weighted by Gasteiger charge is -2.23. The minimum absolute atomic E-state index is 0.156. The van der Waals surface area contributed by atoms with E-state index < -0.39 is 0 Å². The number of hydrogen-bond acceptors (Lipinski definition) is 1. The highest BCUT2D eigenvalue weighted by atomic mass is 19.1. The van der Waals surface area contributed by atoms with Crippen LogP contribution in [0.25, 0.3) is 0 Å². The molecule has 0 bridgehead atoms. The molecule has 1 nitrogen and oxygen atoms in total. The van der Waals surface area contributed by atoms with E-state index in [9.17, 15) is 8.78 Å². The van der Waals surface area contributed by atoms with E-state index in [0.717, 1.165) is 12.6 Å². The van der Waals surface area contributed by atoms with Gasteiger partial charge in [0.05, 0.1) is 0 Å². The number of benzene rings is 1. The minimum atomic E-state index is -0.384. The Bertz CT molecular complexity index is 425. The first kappa shape index (κ1) is 13.5. The molecule has 0 radical (unpaired) electrons. The maximum Gasteiger partial charge on any atom is 0.128 e. The monoisotopic (exact) mass is 253 g/mol. The van der Waals surface area contributed by atoms with E-state index in [2.05, 4.69) is 19.2 Å². The molecular formula is C15H21F2N. The maximum absolute atomic E-state index is 13.6. The highest BCUT2D eigenvalue weighted by Gasteiger charge is 2.44. The van der Waals surface area contributed by atoms with Crippen LogP contribution in [-0.4, -0.2) is 6.54 Å². The third-order valence-corrected chi connectivity index (χ3v) is 4.30. The molecule has 1 aliphatic rings. The largest absolute Gasteiger partial charge is 0.310 e. The standard InChI is InChI=1S/C15H21F2N/c1-10(2)15(6-7-15)9-18-11(3)13-8-12(16)4-5-14(13)17/h4-5,8,10-11,18H,6-7,9H2,1-3H3. The van der Waals surface area contributed by atoms with Gasteiger partial charge in [0.15, 0.2) is 0 Å². The van der Waals surface area contributed by atoms with Crippen LogP contribution in [-0.2, 0) is 0 Å². The van der Waals surface area contributed by atoms with Crippen molar-refractivity contribution < 1.29 is 8.78 Å². The zero-order valence-electron chi connectivity index (χ0n) is 11.3. The van der Waals surface area contributed by atoms with Crippen LogP contribution in [0, 0.1) is 23.0 Å². The molecule has 2 rings (SSSR count). The van der Waals surface area contributed by atoms with E-state index in [4.69, 9.17) is 0 Å². The Hall–Kier alpha value is -0.960. The van der Waals surface area contributed by atoms with Gasteiger partial charge in [0, 0.05) is 18.2 Å². The van der Waals surface area contributed by atoms with Gasteiger partial charge in [-0.15, -0.1) is 0 Å². The van der Waals surface area contributed by atoms with E-state index >= 15 is 0 Å². The van der Waals surface area contributed by atoms with E-state index in [0.29, 0.717) is 16.9 Å². The lowest BCUT2D eigenvalue weighted by molar-refractivity contribution is 0.323. The quantitative estimate of drug-likeness (QED) is 0.834. The molecule has 18 heavy (non-hydrogen) atoms. The van der Waals surface area contributed by atoms with Crippen LogP contribution < -0.4 is 5.32 Å². The predicted octanol–water partition coefficient (Wildman–Crippen LogP) is 4.05. The molecule has 1 aliphatic carbocycles. The molecular weight excluding hydrogens is 232 g/mol. The Balaban J connectivity index is 2.00. The summed E-state index contributed by atoms with van der Waals surface area (Å²) in [6.45, 7) is 7.21. The molecule has 1 unspecified atom stereocenters. The highest BCUT2D eigenvalue weighted by molar-refractivity contribution is 5.22. The summed E-state index contributed by atoms with van der Waals surface area (Å²) in [5, 5.41) is 3.34. The van der Waals surface area contributed by atoms with Crippen LogP contribution in [0.5, 0.6) is 0 Å². The molecule has 1 aromatic carbocycles. The Labute approximate surface area is 108 Å². The molecule has 1 fully saturated rings. The molecule has 3 heteroatoms. The van der Waals surface area contributed by atoms with Crippen molar-refractivity contribution in [1.82, 2.24) is 5.32 Å². The Morgan fingerprint density at radius 2 is 1.89 bits per heavy atom. The van der Waals surface area contributed by atoms with Gasteiger partial charge in [-0.1, -0.05) is 13.8 Å². The second-order valence-corrected chi connectivity index (χ2v) is 5.79. The fourth-order valence-corrected chi connectivity index (χ4v) is 2.43. The van der Waals surface area contributed by atoms with Gasteiger partial charge in [0.2, 0.25) is 0 Å². The summed E-state index contributed by atoms with van der Waals surface area (Å²) in [6.07, 6.45) is 2.46. The van der Waals surface area contributed by atoms with E-state index in [-0.39, 0.29) is 17.7 Å². The van der Waals surface area contributed by atoms with Crippen molar-refractivity contribution in [1.29, 1.82) is 0 Å². The second-order valence-electron chi connectivity index (χ2n) is 5.79. The topological polar surface area (TPSA) is 12.0 Å². The van der Waals surface area contributed by atoms with Crippen LogP contribution in [0.2, 0.25) is 0 Å². The van der Waals surface area contributed by atoms with Crippen molar-refractivity contribution in [3.63, 3.8) is 0 Å². The molecule has 0 saturated heterocycles. The lowest BCUT2D eigenvalue weighted by Crippen LogP contribution is -2.30. The first-order chi connectivity index (χ1) is 8.44. The van der Waals surface area contributed by atoms with Crippen molar-refractivity contribution in [2.24, 2.45) is 11.3 Å². The second kappa shape index (κ2) is 4.96. The van der Waals surface area contributed by atoms with Gasteiger partial charge in [0.1, 0.15) is 11.6 Å². The molecule has 0 spiro atoms. The van der Waals surface area contributed by atoms with Crippen LogP contribution in [0.15, 0.2) is 18.2 Å². The van der Waals surface area contributed by atoms with Gasteiger partial charge in [-0.05, 0) is 49.3 Å². The van der Waals surface area contributed by atoms with E-state index in [1.807, 2.05) is 6.92 Å². The molecule has 0 aromatic heterocycles. The summed E-state index contributed by atoms with van der Waals surface area (Å²) >= 11 is 0. The summed E-state index contributed by atoms with van der Waals surface area (Å²) in [6, 6.07) is 3.47. The SMILES string of the molecule is CC(NCC1(C(C)C)CC1)c1cc(F)ccc1F. The lowest BCUT2D eigenvalue weighted by atomic mass is 9.92. The van der Waals surface area contributed by atoms with Crippen LogP contribution in [0.1, 0.15) is 45.2 Å². The maximum atomic E-state index is 13.6. The predicted molar refractivity (Wildman–Crippen MR) is 69.3 cm³/mol. The Morgan fingerprint density at radius 3 is 2.44 bits per heavy atom. The number of nitrogens with one attached hydrogen (secondary N) is 1. The van der Waals surface area contributed by atoms with Crippen molar-refractivity contribution in [3.05, 3.63) is 35.4 Å². The zero-order valence-corrected chi connectivity index (χ0v) is 11.3. The van der Waals surface area contributed by atoms with Gasteiger partial charge < -0.3 is 5.32 Å². The van der Waals surface area contributed by atoms with Gasteiger partial charge in [-0.2, -0.15) is 0 Å². The van der Waals surface area contributed by atoms with Crippen LogP contribution >= 0.6 is 0 Å². The molecule has 1 aromatic rings. The molecule has 1 saturated carbocycles. The van der Waals surface area contributed by atoms with Gasteiger partial charge >= 0.3 is 0 Å². The Kier molecular flexibility index (Phi) is 3.71. The van der Waals surface area contributed by atoms with Crippen molar-refractivity contribution in [2.45, 2.75) is 39.7 Å². The summed E-state index contributed by atoms with van der Waals surface area (Å²) in [5.41, 5.74) is 0.785. The normalized spacial score (nSPS) is 19.0. The summed E-state index contributed by atoms with van der Waals surface area (Å²) < 4.78 is 26.7. The third kappa shape index (κ3) is 2.72. The van der Waals surface area contributed by atoms with E-state index in [1.165, 1.54) is 25.0 Å². The Morgan fingerprint density at radius 1 is 1.22 bits per heavy atom. The molecule has 0 heterocycles. The van der Waals surface area contributed by atoms with Crippen molar-refractivity contribution >= 4 is 0 Å². The summed E-state index contributed by atoms with van der Waals surface area (Å²) in [7, 11) is 0. The number of rotatable bonds is 5. The average Bonchev–Trinajstić information content (AvgIpc) is 3.10. The van der Waals surface area contributed by atoms with Crippen molar-refractivity contribution in [3.8, 4) is 0 Å². The third-order valence-electron chi connectivity index (χ3n) is 4.30. The minimum Gasteiger partial charge on any atom is -0.310 e. The van der Waals surface area contributed by atoms with Gasteiger partial charge in [0.25, 0.3) is 0 Å².